The van der Waals surface area contributed by atoms with E-state index in [-0.39, 0.29) is 74.8 Å². The Kier molecular flexibility index (Phi) is 24.4. The summed E-state index contributed by atoms with van der Waals surface area (Å²) in [5.41, 5.74) is 8.48. The van der Waals surface area contributed by atoms with Crippen molar-refractivity contribution < 1.29 is 43.4 Å². The summed E-state index contributed by atoms with van der Waals surface area (Å²) in [6.07, 6.45) is 14.2. The second-order valence-electron chi connectivity index (χ2n) is 26.7. The zero-order chi connectivity index (χ0) is 59.8. The lowest BCUT2D eigenvalue weighted by molar-refractivity contribution is -0.385. The third-order valence-corrected chi connectivity index (χ3v) is 20.5. The van der Waals surface area contributed by atoms with Crippen LogP contribution in [0.1, 0.15) is 157 Å². The van der Waals surface area contributed by atoms with Crippen LogP contribution in [0.5, 0.6) is 0 Å². The molecule has 3 amide bonds. The number of ether oxygens (including phenoxy) is 3. The van der Waals surface area contributed by atoms with Crippen LogP contribution in [0.4, 0.5) is 31.4 Å². The van der Waals surface area contributed by atoms with Crippen molar-refractivity contribution in [1.82, 2.24) is 16.0 Å². The largest absolute Gasteiger partial charge is 0.445 e. The Labute approximate surface area is 509 Å². The van der Waals surface area contributed by atoms with E-state index >= 15 is 0 Å². The van der Waals surface area contributed by atoms with Crippen LogP contribution in [-0.4, -0.2) is 57.2 Å². The molecule has 8 aliphatic carbocycles. The van der Waals surface area contributed by atoms with E-state index in [9.17, 15) is 44.7 Å². The van der Waals surface area contributed by atoms with Crippen molar-refractivity contribution in [1.29, 1.82) is 0 Å². The van der Waals surface area contributed by atoms with Crippen molar-refractivity contribution in [2.75, 3.05) is 0 Å². The highest BCUT2D eigenvalue weighted by atomic mass is 35.5. The van der Waals surface area contributed by atoms with Gasteiger partial charge in [-0.25, -0.2) is 14.4 Å². The first-order valence-electron chi connectivity index (χ1n) is 30.8. The fourth-order valence-electron chi connectivity index (χ4n) is 17.0. The predicted octanol–water partition coefficient (Wildman–Crippen LogP) is 14.7. The Bertz CT molecular complexity index is 2430. The molecule has 85 heavy (non-hydrogen) atoms. The van der Waals surface area contributed by atoms with Crippen LogP contribution in [-0.2, 0) is 34.0 Å². The molecule has 11 rings (SSSR count). The lowest BCUT2D eigenvalue weighted by atomic mass is 9.77. The van der Waals surface area contributed by atoms with Crippen molar-refractivity contribution in [3.8, 4) is 0 Å². The highest BCUT2D eigenvalue weighted by Crippen LogP contribution is 2.54. The van der Waals surface area contributed by atoms with Crippen molar-refractivity contribution in [2.45, 2.75) is 184 Å². The Morgan fingerprint density at radius 2 is 0.647 bits per heavy atom. The van der Waals surface area contributed by atoms with Gasteiger partial charge in [-0.3, -0.25) is 30.3 Å². The van der Waals surface area contributed by atoms with E-state index in [1.807, 2.05) is 0 Å². The second kappa shape index (κ2) is 30.5. The standard InChI is InChI=1S/3C18H24N2O4.C10H19N.CH4.ClH/c3*1-11(2)16-13-5-6-14(9-13)17(16)19-18(21)24-10-12-3-7-15(8-4-12)20(22)23;1-6(2)9-7-3-4-8(5-7)10(9)11;;/h3*3-4,7-8,11,13-14,16-17H,5-6,9-10H2,1-2H3,(H,19,21);6-10H,3-5,11H2,1-2H3;1H4;1H/t3*13-,14+,16+,17+;7-,8+,9+,10+;;/m0000../s1. The number of hydrogen-bond donors (Lipinski definition) is 4. The fraction of sp³-hybridized carbons (Fsp3) is 0.677. The molecule has 0 saturated heterocycles. The van der Waals surface area contributed by atoms with Gasteiger partial charge in [0.2, 0.25) is 0 Å². The maximum atomic E-state index is 12.2. The molecule has 8 bridgehead atoms. The van der Waals surface area contributed by atoms with Crippen molar-refractivity contribution in [3.05, 3.63) is 120 Å². The minimum atomic E-state index is -0.446. The number of carbonyl (C=O) groups is 3. The molecule has 16 atom stereocenters. The molecule has 470 valence electrons. The summed E-state index contributed by atoms with van der Waals surface area (Å²) >= 11 is 0. The summed E-state index contributed by atoms with van der Waals surface area (Å²) in [4.78, 5) is 67.0. The molecular formula is C65H96ClN7O12. The number of nitro benzene ring substituents is 3. The van der Waals surface area contributed by atoms with E-state index < -0.39 is 33.0 Å². The van der Waals surface area contributed by atoms with Gasteiger partial charge in [0.1, 0.15) is 19.8 Å². The number of nitrogens with two attached hydrogens (primary N) is 1. The zero-order valence-corrected chi connectivity index (χ0v) is 51.1. The predicted molar refractivity (Wildman–Crippen MR) is 329 cm³/mol. The van der Waals surface area contributed by atoms with Crippen molar-refractivity contribution >= 4 is 47.7 Å². The fourth-order valence-corrected chi connectivity index (χ4v) is 17.0. The zero-order valence-electron chi connectivity index (χ0n) is 50.3. The van der Waals surface area contributed by atoms with E-state index in [0.717, 1.165) is 58.1 Å². The van der Waals surface area contributed by atoms with Crippen LogP contribution in [0.3, 0.4) is 0 Å². The minimum Gasteiger partial charge on any atom is -0.445 e. The summed E-state index contributed by atoms with van der Waals surface area (Å²) in [7, 11) is 0. The molecule has 20 heteroatoms. The second-order valence-corrected chi connectivity index (χ2v) is 26.7. The van der Waals surface area contributed by atoms with Gasteiger partial charge in [0.05, 0.1) is 14.8 Å². The Hall–Kier alpha value is -6.08. The van der Waals surface area contributed by atoms with Crippen LogP contribution in [0.25, 0.3) is 0 Å². The van der Waals surface area contributed by atoms with Gasteiger partial charge in [0.25, 0.3) is 17.1 Å². The highest BCUT2D eigenvalue weighted by molar-refractivity contribution is 5.85. The van der Waals surface area contributed by atoms with E-state index in [1.54, 1.807) is 36.4 Å². The van der Waals surface area contributed by atoms with Gasteiger partial charge < -0.3 is 35.9 Å². The number of nitro groups is 3. The van der Waals surface area contributed by atoms with E-state index in [0.29, 0.717) is 59.3 Å². The number of nitrogens with zero attached hydrogens (tertiary/aromatic N) is 3. The number of alkyl carbamates (subject to hydrolysis) is 3. The molecule has 0 aliphatic heterocycles. The van der Waals surface area contributed by atoms with Gasteiger partial charge in [0, 0.05) is 60.6 Å². The average Bonchev–Trinajstić information content (AvgIpc) is 2.36. The molecule has 5 N–H and O–H groups in total. The number of benzene rings is 3. The maximum absolute atomic E-state index is 12.2. The third kappa shape index (κ3) is 16.9. The molecule has 19 nitrogen and oxygen atoms in total. The molecule has 8 aliphatic rings. The summed E-state index contributed by atoms with van der Waals surface area (Å²) in [5, 5.41) is 41.1. The molecule has 8 saturated carbocycles. The number of fused-ring (bicyclic) bond motifs is 8. The lowest BCUT2D eigenvalue weighted by Gasteiger charge is -2.34. The Balaban J connectivity index is 0.000000185. The Morgan fingerprint density at radius 1 is 0.424 bits per heavy atom. The van der Waals surface area contributed by atoms with Gasteiger partial charge in [-0.2, -0.15) is 0 Å². The molecule has 3 aromatic rings. The van der Waals surface area contributed by atoms with Gasteiger partial charge >= 0.3 is 18.3 Å². The molecule has 0 radical (unpaired) electrons. The van der Waals surface area contributed by atoms with Crippen molar-refractivity contribution in [2.24, 2.45) is 100 Å². The summed E-state index contributed by atoms with van der Waals surface area (Å²) in [6, 6.07) is 19.4. The number of nitrogens with one attached hydrogen (secondary N) is 3. The molecule has 0 aromatic heterocycles. The minimum absolute atomic E-state index is 0. The van der Waals surface area contributed by atoms with Crippen LogP contribution in [0, 0.1) is 125 Å². The third-order valence-electron chi connectivity index (χ3n) is 20.5. The summed E-state index contributed by atoms with van der Waals surface area (Å²) in [5.74, 6) is 10.7. The smallest absolute Gasteiger partial charge is 0.407 e. The number of hydrogen-bond acceptors (Lipinski definition) is 13. The topological polar surface area (TPSA) is 270 Å². The van der Waals surface area contributed by atoms with E-state index in [1.165, 1.54) is 113 Å². The van der Waals surface area contributed by atoms with Crippen LogP contribution in [0.2, 0.25) is 0 Å². The molecule has 0 heterocycles. The number of carbonyl (C=O) groups excluding carboxylic acids is 3. The maximum Gasteiger partial charge on any atom is 0.407 e. The summed E-state index contributed by atoms with van der Waals surface area (Å²) in [6.45, 7) is 18.4. The molecule has 0 unspecified atom stereocenters. The normalized spacial score (nSPS) is 30.2. The van der Waals surface area contributed by atoms with Crippen molar-refractivity contribution in [3.63, 3.8) is 0 Å². The quantitative estimate of drug-likeness (QED) is 0.0591. The lowest BCUT2D eigenvalue weighted by Crippen LogP contribution is -2.45. The number of amides is 3. The number of halogens is 1. The molecular weight excluding hydrogens is 1110 g/mol. The van der Waals surface area contributed by atoms with Crippen LogP contribution < -0.4 is 21.7 Å². The van der Waals surface area contributed by atoms with Gasteiger partial charge in [0.15, 0.2) is 0 Å². The summed E-state index contributed by atoms with van der Waals surface area (Å²) < 4.78 is 15.9. The van der Waals surface area contributed by atoms with Crippen LogP contribution >= 0.6 is 12.4 Å². The van der Waals surface area contributed by atoms with E-state index in [4.69, 9.17) is 19.9 Å². The van der Waals surface area contributed by atoms with Gasteiger partial charge in [-0.1, -0.05) is 62.8 Å². The Morgan fingerprint density at radius 3 is 0.859 bits per heavy atom. The SMILES string of the molecule is C.CC(C)[C@@H]1[C@H]2CC[C@H](C2)[C@H]1N.CC(C)[C@@H]1[C@H]2CC[C@H](C2)[C@H]1NC(=O)OCc1ccc([N+](=O)[O-])cc1.CC(C)[C@@H]1[C@H]2CC[C@H](C2)[C@H]1NC(=O)OCc1ccc([N+](=O)[O-])cc1.CC(C)[C@@H]1[C@H]2CC[C@H](C2)[C@H]1NC(=O)OCc1ccc([N+](=O)[O-])cc1.Cl. The van der Waals surface area contributed by atoms with E-state index in [2.05, 4.69) is 71.3 Å². The first-order chi connectivity index (χ1) is 39.6. The average molecular weight is 1200 g/mol. The van der Waals surface area contributed by atoms with Gasteiger partial charge in [-0.05, 0) is 225 Å². The highest BCUT2D eigenvalue weighted by Gasteiger charge is 2.52. The number of rotatable bonds is 16. The van der Waals surface area contributed by atoms with Gasteiger partial charge in [-0.15, -0.1) is 12.4 Å². The first-order valence-corrected chi connectivity index (χ1v) is 30.8. The first kappa shape index (κ1) is 68.0. The molecule has 0 spiro atoms. The monoisotopic (exact) mass is 1200 g/mol. The molecule has 3 aromatic carbocycles. The van der Waals surface area contributed by atoms with Crippen LogP contribution in [0.15, 0.2) is 72.8 Å². The number of non-ortho nitro benzene ring substituents is 3. The molecule has 8 fully saturated rings.